The van der Waals surface area contributed by atoms with Crippen LogP contribution in [0.1, 0.15) is 90.5 Å². The van der Waals surface area contributed by atoms with Gasteiger partial charge in [0.2, 0.25) is 17.8 Å². The van der Waals surface area contributed by atoms with Gasteiger partial charge in [-0.05, 0) is 91.9 Å². The normalized spacial score (nSPS) is 18.1. The number of piperidine rings is 1. The minimum Gasteiger partial charge on any atom is -0.342 e. The number of benzene rings is 2. The van der Waals surface area contributed by atoms with Gasteiger partial charge in [0.25, 0.3) is 0 Å². The fourth-order valence-corrected chi connectivity index (χ4v) is 8.67. The number of anilines is 1. The smallest absolute Gasteiger partial charge is 0.246 e. The topological polar surface area (TPSA) is 139 Å². The highest BCUT2D eigenvalue weighted by atomic mass is 16.2. The number of hydrogen-bond donors (Lipinski definition) is 3. The van der Waals surface area contributed by atoms with Gasteiger partial charge in [-0.1, -0.05) is 107 Å². The Hall–Kier alpha value is -6.14. The monoisotopic (exact) mass is 820 g/mol. The lowest BCUT2D eigenvalue weighted by Gasteiger charge is -2.37. The van der Waals surface area contributed by atoms with Crippen LogP contribution in [0.25, 0.3) is 33.6 Å². The molecule has 2 aliphatic heterocycles. The van der Waals surface area contributed by atoms with Crippen molar-refractivity contribution in [2.45, 2.75) is 90.9 Å². The largest absolute Gasteiger partial charge is 0.342 e. The molecule has 2 saturated heterocycles. The molecular formula is C49H60N10O2. The lowest BCUT2D eigenvalue weighted by molar-refractivity contribution is -0.137. The summed E-state index contributed by atoms with van der Waals surface area (Å²) in [5, 5.41) is 3.28. The average Bonchev–Trinajstić information content (AvgIpc) is 4.10. The summed E-state index contributed by atoms with van der Waals surface area (Å²) in [5.74, 6) is 2.23. The quantitative estimate of drug-likeness (QED) is 0.0838. The van der Waals surface area contributed by atoms with E-state index in [1.165, 1.54) is 0 Å². The molecule has 2 aliphatic rings. The molecule has 61 heavy (non-hydrogen) atoms. The minimum absolute atomic E-state index is 0.0385. The van der Waals surface area contributed by atoms with Gasteiger partial charge < -0.3 is 25.1 Å². The van der Waals surface area contributed by atoms with E-state index in [4.69, 9.17) is 9.97 Å². The number of nitrogens with one attached hydrogen (secondary N) is 3. The number of carbonyl (C=O) groups is 2. The van der Waals surface area contributed by atoms with E-state index in [1.807, 2.05) is 67.3 Å². The van der Waals surface area contributed by atoms with Crippen LogP contribution in [0.15, 0.2) is 116 Å². The molecule has 318 valence electrons. The first-order valence-electron chi connectivity index (χ1n) is 21.9. The molecule has 2 aromatic carbocycles. The third-order valence-corrected chi connectivity index (χ3v) is 12.0. The van der Waals surface area contributed by atoms with Crippen LogP contribution in [-0.4, -0.2) is 94.7 Å². The highest BCUT2D eigenvalue weighted by Crippen LogP contribution is 2.35. The Morgan fingerprint density at radius 3 is 1.84 bits per heavy atom. The van der Waals surface area contributed by atoms with Crippen molar-refractivity contribution in [3.05, 3.63) is 127 Å². The number of aromatic nitrogens is 6. The van der Waals surface area contributed by atoms with E-state index in [1.54, 1.807) is 18.5 Å². The lowest BCUT2D eigenvalue weighted by atomic mass is 9.97. The third kappa shape index (κ3) is 9.75. The maximum Gasteiger partial charge on any atom is 0.246 e. The molecule has 2 amide bonds. The highest BCUT2D eigenvalue weighted by molar-refractivity contribution is 5.86. The van der Waals surface area contributed by atoms with Gasteiger partial charge in [0.15, 0.2) is 0 Å². The molecule has 3 N–H and O–H groups in total. The summed E-state index contributed by atoms with van der Waals surface area (Å²) in [6.45, 7) is 17.4. The first-order valence-corrected chi connectivity index (χ1v) is 21.9. The van der Waals surface area contributed by atoms with E-state index in [-0.39, 0.29) is 29.8 Å². The van der Waals surface area contributed by atoms with Gasteiger partial charge >= 0.3 is 0 Å². The number of likely N-dealkylation sites (tertiary alicyclic amines) is 2. The molecule has 0 bridgehead atoms. The molecule has 5 aromatic rings. The summed E-state index contributed by atoms with van der Waals surface area (Å²) < 4.78 is 0. The molecule has 2 fully saturated rings. The SMILES string of the molecule is C=C(/C=C\C=C/C)[C@H](C(=O)N1CCC[C@H]1c1ncc(-c2ccc(-c3ccc(-c4cnc([C@@H]5CCCCN5C(=O)[C@H](Nc5ncccn5)C(C)C)[nH]4)cc3)cc2)[nH]1)N(CC)CC. The molecule has 7 rings (SSSR count). The summed E-state index contributed by atoms with van der Waals surface area (Å²) in [6.07, 6.45) is 19.6. The van der Waals surface area contributed by atoms with Gasteiger partial charge in [0.1, 0.15) is 23.7 Å². The summed E-state index contributed by atoms with van der Waals surface area (Å²) in [4.78, 5) is 59.7. The molecule has 0 spiro atoms. The van der Waals surface area contributed by atoms with E-state index >= 15 is 0 Å². The zero-order chi connectivity index (χ0) is 42.9. The summed E-state index contributed by atoms with van der Waals surface area (Å²) >= 11 is 0. The number of likely N-dealkylation sites (N-methyl/N-ethyl adjacent to an activating group) is 1. The maximum atomic E-state index is 14.2. The van der Waals surface area contributed by atoms with Crippen LogP contribution in [0.2, 0.25) is 0 Å². The number of carbonyl (C=O) groups excluding carboxylic acids is 2. The van der Waals surface area contributed by atoms with Crippen molar-refractivity contribution in [2.75, 3.05) is 31.5 Å². The Bertz CT molecular complexity index is 2290. The number of imidazole rings is 2. The zero-order valence-corrected chi connectivity index (χ0v) is 36.2. The maximum absolute atomic E-state index is 14.2. The lowest BCUT2D eigenvalue weighted by Crippen LogP contribution is -2.49. The average molecular weight is 821 g/mol. The van der Waals surface area contributed by atoms with Gasteiger partial charge in [-0.2, -0.15) is 0 Å². The Kier molecular flexibility index (Phi) is 14.0. The third-order valence-electron chi connectivity index (χ3n) is 12.0. The predicted octanol–water partition coefficient (Wildman–Crippen LogP) is 9.18. The number of aromatic amines is 2. The highest BCUT2D eigenvalue weighted by Gasteiger charge is 2.38. The standard InChI is InChI=1S/C49H60N10O2/c1-7-10-11-16-34(6)44(57(8-2)9-3)48(61)59-30-14-18-42(59)46-53-32-40(55-46)38-25-21-36(22-26-38)35-19-23-37(24-20-35)39-31-52-45(54-39)41-17-12-13-29-58(41)47(60)43(33(4)5)56-49-50-27-15-28-51-49/h7,10-11,15-16,19-28,31-33,41-44H,6,8-9,12-14,17-18,29-30H2,1-5H3,(H,52,54)(H,53,55)(H,50,51,56)/b10-7-,16-11-/t41-,42-,43+,44+/m0/s1. The number of allylic oxidation sites excluding steroid dienone is 3. The van der Waals surface area contributed by atoms with Crippen molar-refractivity contribution in [1.29, 1.82) is 0 Å². The number of nitrogens with zero attached hydrogens (tertiary/aromatic N) is 7. The van der Waals surface area contributed by atoms with Crippen molar-refractivity contribution in [1.82, 2.24) is 44.6 Å². The second-order valence-electron chi connectivity index (χ2n) is 16.3. The molecule has 12 nitrogen and oxygen atoms in total. The Morgan fingerprint density at radius 2 is 1.30 bits per heavy atom. The van der Waals surface area contributed by atoms with Crippen LogP contribution in [-0.2, 0) is 9.59 Å². The molecule has 12 heteroatoms. The molecule has 0 aliphatic carbocycles. The molecular weight excluding hydrogens is 761 g/mol. The summed E-state index contributed by atoms with van der Waals surface area (Å²) in [5.41, 5.74) is 6.89. The number of hydrogen-bond acceptors (Lipinski definition) is 8. The fraction of sp³-hybridized carbons (Fsp3) is 0.388. The first kappa shape index (κ1) is 43.0. The van der Waals surface area contributed by atoms with Gasteiger partial charge in [0.05, 0.1) is 35.9 Å². The van der Waals surface area contributed by atoms with Crippen LogP contribution < -0.4 is 5.32 Å². The Labute approximate surface area is 360 Å². The van der Waals surface area contributed by atoms with Crippen LogP contribution in [0.5, 0.6) is 0 Å². The van der Waals surface area contributed by atoms with Crippen molar-refractivity contribution >= 4 is 17.8 Å². The molecule has 0 unspecified atom stereocenters. The number of H-pyrrole nitrogens is 2. The van der Waals surface area contributed by atoms with Crippen LogP contribution in [0, 0.1) is 5.92 Å². The van der Waals surface area contributed by atoms with Gasteiger partial charge in [-0.3, -0.25) is 14.5 Å². The van der Waals surface area contributed by atoms with E-state index in [2.05, 4.69) is 99.1 Å². The van der Waals surface area contributed by atoms with Crippen LogP contribution in [0.4, 0.5) is 5.95 Å². The second kappa shape index (κ2) is 19.9. The Balaban J connectivity index is 1.01. The van der Waals surface area contributed by atoms with Gasteiger partial charge in [0, 0.05) is 25.5 Å². The van der Waals surface area contributed by atoms with Crippen LogP contribution >= 0.6 is 0 Å². The van der Waals surface area contributed by atoms with Gasteiger partial charge in [-0.15, -0.1) is 0 Å². The van der Waals surface area contributed by atoms with Crippen molar-refractivity contribution < 1.29 is 9.59 Å². The predicted molar refractivity (Wildman–Crippen MR) is 243 cm³/mol. The summed E-state index contributed by atoms with van der Waals surface area (Å²) in [7, 11) is 0. The second-order valence-corrected chi connectivity index (χ2v) is 16.3. The first-order chi connectivity index (χ1) is 29.7. The molecule has 0 radical (unpaired) electrons. The zero-order valence-electron chi connectivity index (χ0n) is 36.2. The number of rotatable bonds is 16. The van der Waals surface area contributed by atoms with Crippen molar-refractivity contribution in [3.63, 3.8) is 0 Å². The van der Waals surface area contributed by atoms with E-state index in [0.29, 0.717) is 19.0 Å². The minimum atomic E-state index is -0.449. The van der Waals surface area contributed by atoms with Crippen LogP contribution in [0.3, 0.4) is 0 Å². The number of amides is 2. The molecule has 3 aromatic heterocycles. The van der Waals surface area contributed by atoms with E-state index < -0.39 is 12.1 Å². The van der Waals surface area contributed by atoms with Crippen molar-refractivity contribution in [3.8, 4) is 33.6 Å². The van der Waals surface area contributed by atoms with Gasteiger partial charge in [-0.25, -0.2) is 19.9 Å². The van der Waals surface area contributed by atoms with E-state index in [9.17, 15) is 9.59 Å². The summed E-state index contributed by atoms with van der Waals surface area (Å²) in [6, 6.07) is 17.6. The van der Waals surface area contributed by atoms with E-state index in [0.717, 1.165) is 96.1 Å². The molecule has 4 atom stereocenters. The molecule has 0 saturated carbocycles. The fourth-order valence-electron chi connectivity index (χ4n) is 8.67. The molecule has 5 heterocycles. The Morgan fingerprint density at radius 1 is 0.770 bits per heavy atom. The van der Waals surface area contributed by atoms with Crippen molar-refractivity contribution in [2.24, 2.45) is 5.92 Å².